The Kier molecular flexibility index (Phi) is 7.59. The first kappa shape index (κ1) is 22.7. The zero-order valence-electron chi connectivity index (χ0n) is 17.4. The Bertz CT molecular complexity index is 808. The molecule has 0 N–H and O–H groups in total. The number of allylic oxidation sites excluding steroid dienone is 2. The average molecular weight is 569 g/mol. The first-order valence-corrected chi connectivity index (χ1v) is 15.5. The molecule has 160 valence electrons. The van der Waals surface area contributed by atoms with Gasteiger partial charge in [-0.2, -0.15) is 0 Å². The highest BCUT2D eigenvalue weighted by Crippen LogP contribution is 2.45. The van der Waals surface area contributed by atoms with Gasteiger partial charge in [-0.25, -0.2) is 0 Å². The highest BCUT2D eigenvalue weighted by atomic mass is 79.9. The maximum atomic E-state index is 7.74. The summed E-state index contributed by atoms with van der Waals surface area (Å²) in [7, 11) is -2.36. The van der Waals surface area contributed by atoms with Crippen LogP contribution in [0, 0.1) is 0 Å². The summed E-state index contributed by atoms with van der Waals surface area (Å²) in [5, 5.41) is 0. The fourth-order valence-electron chi connectivity index (χ4n) is 5.04. The minimum Gasteiger partial charge on any atom is -0.291 e. The second-order valence-corrected chi connectivity index (χ2v) is 15.1. The van der Waals surface area contributed by atoms with Crippen LogP contribution >= 0.6 is 42.9 Å². The average Bonchev–Trinajstić information content (AvgIpc) is 2.98. The Labute approximate surface area is 203 Å². The molecule has 2 aliphatic rings. The summed E-state index contributed by atoms with van der Waals surface area (Å²) in [4.78, 5) is 0. The fraction of sp³-hybridized carbons (Fsp3) is 0.417. The molecule has 0 amide bonds. The molecule has 2 aromatic carbocycles. The van der Waals surface area contributed by atoms with E-state index in [9.17, 15) is 0 Å². The third-order valence-electron chi connectivity index (χ3n) is 6.52. The van der Waals surface area contributed by atoms with Crippen LogP contribution in [0.2, 0.25) is 6.04 Å². The molecule has 0 spiro atoms. The summed E-state index contributed by atoms with van der Waals surface area (Å²) >= 11 is 14.9. The molecule has 0 unspecified atom stereocenters. The molecule has 2 atom stereocenters. The second-order valence-electron chi connectivity index (χ2n) is 8.42. The first-order chi connectivity index (χ1) is 14.5. The van der Waals surface area contributed by atoms with Gasteiger partial charge in [-0.05, 0) is 55.2 Å². The van der Waals surface area contributed by atoms with Crippen molar-refractivity contribution in [3.63, 3.8) is 0 Å². The van der Waals surface area contributed by atoms with Crippen molar-refractivity contribution in [3.8, 4) is 0 Å². The molecule has 0 aromatic heterocycles. The lowest BCUT2D eigenvalue weighted by Crippen LogP contribution is -2.55. The summed E-state index contributed by atoms with van der Waals surface area (Å²) in [5.41, 5.74) is 2.71. The van der Waals surface area contributed by atoms with E-state index in [1.54, 1.807) is 0 Å². The minimum absolute atomic E-state index is 0.562. The van der Waals surface area contributed by atoms with Gasteiger partial charge in [0.05, 0.1) is 0 Å². The van der Waals surface area contributed by atoms with Gasteiger partial charge in [-0.1, -0.05) is 81.1 Å². The Balaban J connectivity index is 1.69. The van der Waals surface area contributed by atoms with Crippen LogP contribution < -0.4 is 0 Å². The van der Waals surface area contributed by atoms with Gasteiger partial charge < -0.3 is 0 Å². The van der Waals surface area contributed by atoms with Crippen molar-refractivity contribution in [2.45, 2.75) is 63.8 Å². The van der Waals surface area contributed by atoms with Crippen molar-refractivity contribution in [2.75, 3.05) is 0 Å². The maximum Gasteiger partial charge on any atom is 0.312 e. The molecular weight excluding hydrogens is 540 g/mol. The van der Waals surface area contributed by atoms with Crippen molar-refractivity contribution in [1.82, 2.24) is 9.13 Å². The number of benzene rings is 2. The molecule has 2 nitrogen and oxygen atoms in total. The van der Waals surface area contributed by atoms with Crippen LogP contribution in [0.4, 0.5) is 0 Å². The van der Waals surface area contributed by atoms with Gasteiger partial charge in [0, 0.05) is 40.2 Å². The van der Waals surface area contributed by atoms with E-state index in [1.165, 1.54) is 36.8 Å². The van der Waals surface area contributed by atoms with Crippen LogP contribution in [0.25, 0.3) is 0 Å². The first-order valence-electron chi connectivity index (χ1n) is 10.8. The van der Waals surface area contributed by atoms with Crippen molar-refractivity contribution in [1.29, 1.82) is 0 Å². The van der Waals surface area contributed by atoms with Crippen molar-refractivity contribution in [3.05, 3.63) is 80.8 Å². The SMILES string of the molecule is C/C=C\C[Si]1(Cl)N(Cc2ccc(Br)cc2)[C@H]2CCCC[C@@H]2N1Cc1ccc(Br)cc1. The third kappa shape index (κ3) is 4.82. The van der Waals surface area contributed by atoms with E-state index < -0.39 is 7.71 Å². The van der Waals surface area contributed by atoms with E-state index in [4.69, 9.17) is 11.1 Å². The summed E-state index contributed by atoms with van der Waals surface area (Å²) in [6, 6.07) is 19.6. The molecule has 1 aliphatic heterocycles. The van der Waals surface area contributed by atoms with Crippen LogP contribution in [-0.2, 0) is 13.1 Å². The monoisotopic (exact) mass is 566 g/mol. The summed E-state index contributed by atoms with van der Waals surface area (Å²) in [5.74, 6) is 0. The van der Waals surface area contributed by atoms with Crippen LogP contribution in [-0.4, -0.2) is 28.9 Å². The van der Waals surface area contributed by atoms with E-state index in [1.807, 2.05) is 0 Å². The van der Waals surface area contributed by atoms with Gasteiger partial charge in [0.25, 0.3) is 0 Å². The van der Waals surface area contributed by atoms with Gasteiger partial charge in [0.15, 0.2) is 0 Å². The molecule has 0 radical (unpaired) electrons. The molecule has 2 aromatic rings. The fourth-order valence-corrected chi connectivity index (χ4v) is 10.8. The largest absolute Gasteiger partial charge is 0.312 e. The predicted octanol–water partition coefficient (Wildman–Crippen LogP) is 7.59. The van der Waals surface area contributed by atoms with Crippen LogP contribution in [0.1, 0.15) is 43.7 Å². The summed E-state index contributed by atoms with van der Waals surface area (Å²) in [6.07, 6.45) is 9.60. The van der Waals surface area contributed by atoms with E-state index in [2.05, 4.69) is 109 Å². The molecule has 6 heteroatoms. The number of nitrogens with zero attached hydrogens (tertiary/aromatic N) is 2. The van der Waals surface area contributed by atoms with Gasteiger partial charge >= 0.3 is 7.71 Å². The molecule has 2 fully saturated rings. The Hall–Kier alpha value is -0.433. The smallest absolute Gasteiger partial charge is 0.291 e. The van der Waals surface area contributed by atoms with Crippen LogP contribution in [0.15, 0.2) is 69.6 Å². The Morgan fingerprint density at radius 1 is 0.867 bits per heavy atom. The summed E-state index contributed by atoms with van der Waals surface area (Å²) in [6.45, 7) is 3.99. The number of fused-ring (bicyclic) bond motifs is 1. The number of halogens is 3. The highest BCUT2D eigenvalue weighted by Gasteiger charge is 2.58. The number of rotatable bonds is 6. The maximum absolute atomic E-state index is 7.74. The van der Waals surface area contributed by atoms with Gasteiger partial charge in [-0.3, -0.25) is 9.13 Å². The summed E-state index contributed by atoms with van der Waals surface area (Å²) < 4.78 is 7.70. The van der Waals surface area contributed by atoms with Gasteiger partial charge in [0.2, 0.25) is 0 Å². The molecular formula is C24H29Br2ClN2Si. The molecule has 0 bridgehead atoms. The van der Waals surface area contributed by atoms with Crippen molar-refractivity contribution < 1.29 is 0 Å². The highest BCUT2D eigenvalue weighted by molar-refractivity contribution is 9.10. The standard InChI is InChI=1S/C24H29Br2ClN2Si/c1-2-3-16-30(27)28(17-19-8-12-21(25)13-9-19)23-6-4-5-7-24(23)29(30)18-20-10-14-22(26)15-11-20/h2-3,8-15,23-24H,4-7,16-18H2,1H3/b3-2-/t23-,24-/m0/s1. The molecule has 1 aliphatic carbocycles. The normalized spacial score (nSPS) is 24.4. The Morgan fingerprint density at radius 3 is 1.70 bits per heavy atom. The lowest BCUT2D eigenvalue weighted by atomic mass is 9.90. The van der Waals surface area contributed by atoms with Crippen molar-refractivity contribution in [2.24, 2.45) is 0 Å². The van der Waals surface area contributed by atoms with E-state index >= 15 is 0 Å². The lowest BCUT2D eigenvalue weighted by molar-refractivity contribution is 0.197. The van der Waals surface area contributed by atoms with Gasteiger partial charge in [0.1, 0.15) is 0 Å². The third-order valence-corrected chi connectivity index (χ3v) is 12.8. The van der Waals surface area contributed by atoms with E-state index in [0.717, 1.165) is 28.1 Å². The Morgan fingerprint density at radius 2 is 1.30 bits per heavy atom. The van der Waals surface area contributed by atoms with Crippen LogP contribution in [0.5, 0.6) is 0 Å². The van der Waals surface area contributed by atoms with Gasteiger partial charge in [-0.15, -0.1) is 11.1 Å². The predicted molar refractivity (Wildman–Crippen MR) is 137 cm³/mol. The number of hydrogen-bond acceptors (Lipinski definition) is 2. The van der Waals surface area contributed by atoms with E-state index in [0.29, 0.717) is 12.1 Å². The quantitative estimate of drug-likeness (QED) is 0.201. The lowest BCUT2D eigenvalue weighted by Gasteiger charge is -2.37. The topological polar surface area (TPSA) is 6.48 Å². The second kappa shape index (κ2) is 10.0. The zero-order chi connectivity index (χ0) is 21.1. The van der Waals surface area contributed by atoms with Crippen LogP contribution in [0.3, 0.4) is 0 Å². The molecule has 1 saturated heterocycles. The van der Waals surface area contributed by atoms with Crippen molar-refractivity contribution >= 4 is 50.6 Å². The zero-order valence-corrected chi connectivity index (χ0v) is 22.3. The number of hydrogen-bond donors (Lipinski definition) is 0. The minimum atomic E-state index is -2.36. The molecule has 1 heterocycles. The molecule has 30 heavy (non-hydrogen) atoms. The molecule has 1 saturated carbocycles. The van der Waals surface area contributed by atoms with E-state index in [-0.39, 0.29) is 0 Å². The molecule has 4 rings (SSSR count).